The number of esters is 1. The van der Waals surface area contributed by atoms with E-state index in [1.807, 2.05) is 30.3 Å². The Morgan fingerprint density at radius 3 is 2.45 bits per heavy atom. The molecular formula is C23H23N3O3. The van der Waals surface area contributed by atoms with E-state index in [0.29, 0.717) is 23.6 Å². The second kappa shape index (κ2) is 9.50. The lowest BCUT2D eigenvalue weighted by Crippen LogP contribution is -2.14. The number of nitrogens with zero attached hydrogens (tertiary/aromatic N) is 1. The van der Waals surface area contributed by atoms with Gasteiger partial charge in [-0.3, -0.25) is 9.59 Å². The summed E-state index contributed by atoms with van der Waals surface area (Å²) in [5.74, 6) is -0.247. The van der Waals surface area contributed by atoms with Crippen molar-refractivity contribution in [2.75, 3.05) is 17.7 Å². The predicted molar refractivity (Wildman–Crippen MR) is 113 cm³/mol. The van der Waals surface area contributed by atoms with Gasteiger partial charge in [0.1, 0.15) is 5.82 Å². The third-order valence-corrected chi connectivity index (χ3v) is 4.45. The van der Waals surface area contributed by atoms with Gasteiger partial charge in [-0.1, -0.05) is 36.4 Å². The fourth-order valence-electron chi connectivity index (χ4n) is 2.80. The van der Waals surface area contributed by atoms with Crippen LogP contribution in [0.25, 0.3) is 0 Å². The topological polar surface area (TPSA) is 80.3 Å². The highest BCUT2D eigenvalue weighted by molar-refractivity contribution is 6.03. The minimum absolute atomic E-state index is 0.0583. The number of hydrogen-bond acceptors (Lipinski definition) is 5. The van der Waals surface area contributed by atoms with Gasteiger partial charge in [0.2, 0.25) is 0 Å². The SMILES string of the molecule is COC(=O)Cc1cccc(NC(=O)c2ccc(CNc3ccccc3C)cc2)n1. The van der Waals surface area contributed by atoms with Crippen LogP contribution in [0.2, 0.25) is 0 Å². The summed E-state index contributed by atoms with van der Waals surface area (Å²) in [5, 5.41) is 6.15. The van der Waals surface area contributed by atoms with Crippen molar-refractivity contribution in [2.45, 2.75) is 19.9 Å². The highest BCUT2D eigenvalue weighted by Crippen LogP contribution is 2.15. The minimum Gasteiger partial charge on any atom is -0.469 e. The molecule has 0 saturated carbocycles. The first-order chi connectivity index (χ1) is 14.0. The van der Waals surface area contributed by atoms with E-state index in [1.54, 1.807) is 30.3 Å². The molecule has 0 saturated heterocycles. The molecule has 29 heavy (non-hydrogen) atoms. The van der Waals surface area contributed by atoms with Crippen molar-refractivity contribution in [1.82, 2.24) is 4.98 Å². The molecule has 0 aliphatic heterocycles. The van der Waals surface area contributed by atoms with Crippen molar-refractivity contribution in [3.05, 3.63) is 89.1 Å². The molecule has 0 radical (unpaired) electrons. The highest BCUT2D eigenvalue weighted by atomic mass is 16.5. The van der Waals surface area contributed by atoms with Gasteiger partial charge in [0.15, 0.2) is 0 Å². The van der Waals surface area contributed by atoms with Gasteiger partial charge in [-0.2, -0.15) is 0 Å². The van der Waals surface area contributed by atoms with Gasteiger partial charge in [0.25, 0.3) is 5.91 Å². The van der Waals surface area contributed by atoms with Gasteiger partial charge in [-0.05, 0) is 48.4 Å². The van der Waals surface area contributed by atoms with Crippen LogP contribution in [0.3, 0.4) is 0 Å². The lowest BCUT2D eigenvalue weighted by molar-refractivity contribution is -0.139. The molecule has 0 bridgehead atoms. The molecule has 6 heteroatoms. The molecule has 2 N–H and O–H groups in total. The van der Waals surface area contributed by atoms with Gasteiger partial charge in [0.05, 0.1) is 19.2 Å². The van der Waals surface area contributed by atoms with Crippen LogP contribution in [0.5, 0.6) is 0 Å². The van der Waals surface area contributed by atoms with Gasteiger partial charge < -0.3 is 15.4 Å². The Morgan fingerprint density at radius 2 is 1.72 bits per heavy atom. The number of rotatable bonds is 7. The number of benzene rings is 2. The molecule has 0 unspecified atom stereocenters. The third kappa shape index (κ3) is 5.65. The molecule has 1 heterocycles. The largest absolute Gasteiger partial charge is 0.469 e. The van der Waals surface area contributed by atoms with Crippen molar-refractivity contribution < 1.29 is 14.3 Å². The van der Waals surface area contributed by atoms with E-state index >= 15 is 0 Å². The number of aryl methyl sites for hydroxylation is 1. The number of nitrogens with one attached hydrogen (secondary N) is 2. The number of hydrogen-bond donors (Lipinski definition) is 2. The van der Waals surface area contributed by atoms with Gasteiger partial charge in [-0.15, -0.1) is 0 Å². The molecule has 2 aromatic carbocycles. The standard InChI is InChI=1S/C23H23N3O3/c1-16-6-3-4-8-20(16)24-15-17-10-12-18(13-11-17)23(28)26-21-9-5-7-19(25-21)14-22(27)29-2/h3-13,24H,14-15H2,1-2H3,(H,25,26,28). The summed E-state index contributed by atoms with van der Waals surface area (Å²) in [6, 6.07) is 20.6. The minimum atomic E-state index is -0.379. The predicted octanol–water partition coefficient (Wildman–Crippen LogP) is 3.97. The van der Waals surface area contributed by atoms with Crippen LogP contribution in [-0.2, 0) is 22.5 Å². The Balaban J connectivity index is 1.60. The van der Waals surface area contributed by atoms with Crippen LogP contribution in [-0.4, -0.2) is 24.0 Å². The van der Waals surface area contributed by atoms with E-state index in [-0.39, 0.29) is 18.3 Å². The lowest BCUT2D eigenvalue weighted by atomic mass is 10.1. The first kappa shape index (κ1) is 20.1. The van der Waals surface area contributed by atoms with Gasteiger partial charge >= 0.3 is 5.97 Å². The Kier molecular flexibility index (Phi) is 6.58. The summed E-state index contributed by atoms with van der Waals surface area (Å²) in [4.78, 5) is 28.1. The summed E-state index contributed by atoms with van der Waals surface area (Å²) in [6.45, 7) is 2.73. The first-order valence-corrected chi connectivity index (χ1v) is 9.27. The van der Waals surface area contributed by atoms with Crippen molar-refractivity contribution in [3.8, 4) is 0 Å². The van der Waals surface area contributed by atoms with E-state index < -0.39 is 0 Å². The number of aromatic nitrogens is 1. The van der Waals surface area contributed by atoms with Gasteiger partial charge in [0, 0.05) is 17.8 Å². The van der Waals surface area contributed by atoms with Crippen molar-refractivity contribution in [1.29, 1.82) is 0 Å². The number of amides is 1. The maximum atomic E-state index is 12.5. The third-order valence-electron chi connectivity index (χ3n) is 4.45. The van der Waals surface area contributed by atoms with Crippen LogP contribution in [0.4, 0.5) is 11.5 Å². The van der Waals surface area contributed by atoms with Crippen molar-refractivity contribution in [2.24, 2.45) is 0 Å². The molecule has 0 aliphatic rings. The second-order valence-electron chi connectivity index (χ2n) is 6.59. The molecule has 0 spiro atoms. The molecule has 0 atom stereocenters. The van der Waals surface area contributed by atoms with E-state index in [2.05, 4.69) is 33.3 Å². The van der Waals surface area contributed by atoms with E-state index in [4.69, 9.17) is 0 Å². The summed E-state index contributed by atoms with van der Waals surface area (Å²) in [7, 11) is 1.33. The fraction of sp³-hybridized carbons (Fsp3) is 0.174. The smallest absolute Gasteiger partial charge is 0.311 e. The summed E-state index contributed by atoms with van der Waals surface area (Å²) >= 11 is 0. The van der Waals surface area contributed by atoms with Crippen LogP contribution >= 0.6 is 0 Å². The van der Waals surface area contributed by atoms with Crippen LogP contribution in [0.15, 0.2) is 66.7 Å². The average molecular weight is 389 g/mol. The highest BCUT2D eigenvalue weighted by Gasteiger charge is 2.09. The molecule has 148 valence electrons. The molecule has 1 aromatic heterocycles. The number of methoxy groups -OCH3 is 1. The van der Waals surface area contributed by atoms with Gasteiger partial charge in [-0.25, -0.2) is 4.98 Å². The number of pyridine rings is 1. The molecule has 1 amide bonds. The zero-order chi connectivity index (χ0) is 20.6. The fourth-order valence-corrected chi connectivity index (χ4v) is 2.80. The molecular weight excluding hydrogens is 366 g/mol. The van der Waals surface area contributed by atoms with Crippen molar-refractivity contribution >= 4 is 23.4 Å². The second-order valence-corrected chi connectivity index (χ2v) is 6.59. The van der Waals surface area contributed by atoms with Crippen LogP contribution < -0.4 is 10.6 Å². The number of carbonyl (C=O) groups is 2. The molecule has 3 rings (SSSR count). The zero-order valence-corrected chi connectivity index (χ0v) is 16.4. The number of anilines is 2. The van der Waals surface area contributed by atoms with E-state index in [0.717, 1.165) is 11.3 Å². The lowest BCUT2D eigenvalue weighted by Gasteiger charge is -2.10. The molecule has 0 aliphatic carbocycles. The Hall–Kier alpha value is -3.67. The Morgan fingerprint density at radius 1 is 0.966 bits per heavy atom. The zero-order valence-electron chi connectivity index (χ0n) is 16.4. The average Bonchev–Trinajstić information content (AvgIpc) is 2.73. The number of para-hydroxylation sites is 1. The summed E-state index contributed by atoms with van der Waals surface area (Å²) in [5.41, 5.74) is 4.41. The molecule has 3 aromatic rings. The normalized spacial score (nSPS) is 10.3. The molecule has 6 nitrogen and oxygen atoms in total. The first-order valence-electron chi connectivity index (χ1n) is 9.27. The number of ether oxygens (including phenoxy) is 1. The quantitative estimate of drug-likeness (QED) is 0.598. The maximum absolute atomic E-state index is 12.5. The summed E-state index contributed by atoms with van der Waals surface area (Å²) < 4.78 is 4.64. The maximum Gasteiger partial charge on any atom is 0.311 e. The monoisotopic (exact) mass is 389 g/mol. The number of carbonyl (C=O) groups excluding carboxylic acids is 2. The Labute approximate surface area is 169 Å². The summed E-state index contributed by atoms with van der Waals surface area (Å²) in [6.07, 6.45) is 0.0583. The van der Waals surface area contributed by atoms with E-state index in [1.165, 1.54) is 12.7 Å². The Bertz CT molecular complexity index is 1000. The van der Waals surface area contributed by atoms with Crippen LogP contribution in [0, 0.1) is 6.92 Å². The van der Waals surface area contributed by atoms with E-state index in [9.17, 15) is 9.59 Å². The molecule has 0 fully saturated rings. The van der Waals surface area contributed by atoms with Crippen LogP contribution in [0.1, 0.15) is 27.2 Å². The van der Waals surface area contributed by atoms with Crippen molar-refractivity contribution in [3.63, 3.8) is 0 Å².